The lowest BCUT2D eigenvalue weighted by atomic mass is 10.2. The van der Waals surface area contributed by atoms with Crippen molar-refractivity contribution < 1.29 is 14.0 Å². The number of carbonyl (C=O) groups is 2. The summed E-state index contributed by atoms with van der Waals surface area (Å²) in [6.45, 7) is 0.107. The van der Waals surface area contributed by atoms with E-state index in [-0.39, 0.29) is 18.5 Å². The van der Waals surface area contributed by atoms with Crippen LogP contribution in [0.25, 0.3) is 0 Å². The third-order valence-electron chi connectivity index (χ3n) is 1.73. The van der Waals surface area contributed by atoms with Crippen LogP contribution < -0.4 is 5.32 Å². The Morgan fingerprint density at radius 1 is 1.33 bits per heavy atom. The highest BCUT2D eigenvalue weighted by molar-refractivity contribution is 6.63. The Kier molecular flexibility index (Phi) is 4.24. The average Bonchev–Trinajstić information content (AvgIpc) is 2.17. The zero-order chi connectivity index (χ0) is 11.3. The molecule has 1 amide bonds. The van der Waals surface area contributed by atoms with Gasteiger partial charge in [-0.05, 0) is 23.7 Å². The molecule has 1 N–H and O–H groups in total. The lowest BCUT2D eigenvalue weighted by Gasteiger charge is -2.03. The van der Waals surface area contributed by atoms with Crippen LogP contribution in [0.3, 0.4) is 0 Å². The molecule has 0 saturated carbocycles. The van der Waals surface area contributed by atoms with Crippen molar-refractivity contribution in [1.29, 1.82) is 0 Å². The minimum atomic E-state index is -0.591. The van der Waals surface area contributed by atoms with E-state index in [1.54, 1.807) is 6.07 Å². The van der Waals surface area contributed by atoms with Gasteiger partial charge in [-0.3, -0.25) is 9.59 Å². The molecule has 1 aromatic rings. The molecule has 0 aliphatic heterocycles. The topological polar surface area (TPSA) is 46.2 Å². The van der Waals surface area contributed by atoms with Crippen LogP contribution in [0.5, 0.6) is 0 Å². The van der Waals surface area contributed by atoms with Crippen LogP contribution in [0, 0.1) is 5.82 Å². The standard InChI is InChI=1S/C10H9ClFNO2/c11-9(14)5-6-13-10(15)7-3-1-2-4-8(7)12/h1-4H,5-6H2,(H,13,15). The van der Waals surface area contributed by atoms with Crippen LogP contribution in [-0.2, 0) is 4.79 Å². The van der Waals surface area contributed by atoms with Gasteiger partial charge < -0.3 is 5.32 Å². The Morgan fingerprint density at radius 2 is 2.00 bits per heavy atom. The van der Waals surface area contributed by atoms with E-state index in [4.69, 9.17) is 11.6 Å². The number of benzene rings is 1. The molecule has 1 aromatic carbocycles. The molecule has 1 rings (SSSR count). The third-order valence-corrected chi connectivity index (χ3v) is 1.91. The Balaban J connectivity index is 2.54. The van der Waals surface area contributed by atoms with Crippen LogP contribution in [0.15, 0.2) is 24.3 Å². The molecule has 0 fully saturated rings. The van der Waals surface area contributed by atoms with Crippen molar-refractivity contribution >= 4 is 22.8 Å². The number of nitrogens with one attached hydrogen (secondary N) is 1. The quantitative estimate of drug-likeness (QED) is 0.799. The van der Waals surface area contributed by atoms with E-state index >= 15 is 0 Å². The van der Waals surface area contributed by atoms with Crippen molar-refractivity contribution in [3.8, 4) is 0 Å². The molecule has 0 spiro atoms. The van der Waals surface area contributed by atoms with Crippen LogP contribution >= 0.6 is 11.6 Å². The summed E-state index contributed by atoms with van der Waals surface area (Å²) >= 11 is 5.07. The Bertz CT molecular complexity index is 381. The highest BCUT2D eigenvalue weighted by atomic mass is 35.5. The SMILES string of the molecule is O=C(Cl)CCNC(=O)c1ccccc1F. The first-order valence-electron chi connectivity index (χ1n) is 4.32. The molecular weight excluding hydrogens is 221 g/mol. The van der Waals surface area contributed by atoms with E-state index in [9.17, 15) is 14.0 Å². The molecule has 0 atom stereocenters. The van der Waals surface area contributed by atoms with Gasteiger partial charge in [0.25, 0.3) is 5.91 Å². The monoisotopic (exact) mass is 229 g/mol. The Labute approximate surface area is 91.2 Å². The van der Waals surface area contributed by atoms with Crippen molar-refractivity contribution in [3.05, 3.63) is 35.6 Å². The van der Waals surface area contributed by atoms with Gasteiger partial charge in [0, 0.05) is 13.0 Å². The maximum absolute atomic E-state index is 13.1. The number of rotatable bonds is 4. The van der Waals surface area contributed by atoms with E-state index in [1.165, 1.54) is 18.2 Å². The van der Waals surface area contributed by atoms with Crippen molar-refractivity contribution in [2.75, 3.05) is 6.54 Å². The van der Waals surface area contributed by atoms with E-state index in [0.717, 1.165) is 0 Å². The molecule has 0 saturated heterocycles. The van der Waals surface area contributed by atoms with E-state index in [2.05, 4.69) is 5.32 Å². The molecule has 0 radical (unpaired) electrons. The van der Waals surface area contributed by atoms with Crippen LogP contribution in [0.2, 0.25) is 0 Å². The van der Waals surface area contributed by atoms with Gasteiger partial charge in [0.15, 0.2) is 0 Å². The zero-order valence-corrected chi connectivity index (χ0v) is 8.55. The summed E-state index contributed by atoms with van der Waals surface area (Å²) in [5.41, 5.74) is -0.0421. The van der Waals surface area contributed by atoms with Gasteiger partial charge in [0.05, 0.1) is 5.56 Å². The molecule has 0 bridgehead atoms. The van der Waals surface area contributed by atoms with Crippen LogP contribution in [-0.4, -0.2) is 17.7 Å². The van der Waals surface area contributed by atoms with E-state index < -0.39 is 17.0 Å². The third kappa shape index (κ3) is 3.67. The molecule has 0 aliphatic carbocycles. The molecule has 15 heavy (non-hydrogen) atoms. The molecule has 3 nitrogen and oxygen atoms in total. The maximum atomic E-state index is 13.1. The lowest BCUT2D eigenvalue weighted by molar-refractivity contribution is -0.111. The van der Waals surface area contributed by atoms with Gasteiger partial charge in [0.2, 0.25) is 5.24 Å². The highest BCUT2D eigenvalue weighted by Gasteiger charge is 2.09. The first-order valence-corrected chi connectivity index (χ1v) is 4.70. The largest absolute Gasteiger partial charge is 0.351 e. The highest BCUT2D eigenvalue weighted by Crippen LogP contribution is 2.05. The van der Waals surface area contributed by atoms with Gasteiger partial charge in [0.1, 0.15) is 5.82 Å². The smallest absolute Gasteiger partial charge is 0.254 e. The van der Waals surface area contributed by atoms with Gasteiger partial charge in [-0.2, -0.15) is 0 Å². The normalized spacial score (nSPS) is 9.73. The zero-order valence-electron chi connectivity index (χ0n) is 7.80. The second kappa shape index (κ2) is 5.46. The first kappa shape index (κ1) is 11.7. The van der Waals surface area contributed by atoms with Gasteiger partial charge >= 0.3 is 0 Å². The second-order valence-corrected chi connectivity index (χ2v) is 3.26. The first-order chi connectivity index (χ1) is 7.11. The fourth-order valence-electron chi connectivity index (χ4n) is 1.01. The van der Waals surface area contributed by atoms with E-state index in [1.807, 2.05) is 0 Å². The number of amides is 1. The number of carbonyl (C=O) groups excluding carboxylic acids is 2. The lowest BCUT2D eigenvalue weighted by Crippen LogP contribution is -2.26. The fraction of sp³-hybridized carbons (Fsp3) is 0.200. The fourth-order valence-corrected chi connectivity index (χ4v) is 1.11. The summed E-state index contributed by atoms with van der Waals surface area (Å²) in [6.07, 6.45) is 0.0295. The second-order valence-electron chi connectivity index (χ2n) is 2.84. The maximum Gasteiger partial charge on any atom is 0.254 e. The van der Waals surface area contributed by atoms with Crippen molar-refractivity contribution in [2.45, 2.75) is 6.42 Å². The summed E-state index contributed by atoms with van der Waals surface area (Å²) in [5.74, 6) is -1.14. The average molecular weight is 230 g/mol. The molecule has 80 valence electrons. The van der Waals surface area contributed by atoms with Crippen LogP contribution in [0.4, 0.5) is 4.39 Å². The summed E-state index contributed by atoms with van der Waals surface area (Å²) in [6, 6.07) is 5.62. The van der Waals surface area contributed by atoms with Gasteiger partial charge in [-0.15, -0.1) is 0 Å². The molecule has 0 aliphatic rings. The molecule has 0 aromatic heterocycles. The molecular formula is C10H9ClFNO2. The van der Waals surface area contributed by atoms with Gasteiger partial charge in [-0.1, -0.05) is 12.1 Å². The van der Waals surface area contributed by atoms with Crippen molar-refractivity contribution in [1.82, 2.24) is 5.32 Å². The van der Waals surface area contributed by atoms with Crippen LogP contribution in [0.1, 0.15) is 16.8 Å². The van der Waals surface area contributed by atoms with Crippen molar-refractivity contribution in [3.63, 3.8) is 0 Å². The minimum absolute atomic E-state index is 0.0295. The van der Waals surface area contributed by atoms with E-state index in [0.29, 0.717) is 0 Å². The summed E-state index contributed by atoms with van der Waals surface area (Å²) < 4.78 is 13.1. The Morgan fingerprint density at radius 3 is 2.60 bits per heavy atom. The Hall–Kier alpha value is -1.42. The van der Waals surface area contributed by atoms with Crippen molar-refractivity contribution in [2.24, 2.45) is 0 Å². The number of hydrogen-bond donors (Lipinski definition) is 1. The van der Waals surface area contributed by atoms with Gasteiger partial charge in [-0.25, -0.2) is 4.39 Å². The molecule has 5 heteroatoms. The summed E-state index contributed by atoms with van der Waals surface area (Å²) in [4.78, 5) is 21.7. The minimum Gasteiger partial charge on any atom is -0.351 e. The number of halogens is 2. The molecule has 0 unspecified atom stereocenters. The predicted octanol–water partition coefficient (Wildman–Crippen LogP) is 1.71. The summed E-state index contributed by atoms with van der Waals surface area (Å²) in [5, 5.41) is 1.85. The summed E-state index contributed by atoms with van der Waals surface area (Å²) in [7, 11) is 0. The number of hydrogen-bond acceptors (Lipinski definition) is 2. The molecule has 0 heterocycles. The predicted molar refractivity (Wildman–Crippen MR) is 54.2 cm³/mol.